The molecule has 20 heavy (non-hydrogen) atoms. The Balaban J connectivity index is 2.95. The Morgan fingerprint density at radius 3 is 2.50 bits per heavy atom. The van der Waals surface area contributed by atoms with E-state index in [9.17, 15) is 0 Å². The van der Waals surface area contributed by atoms with Crippen LogP contribution in [0.5, 0.6) is 5.75 Å². The number of nitrogens with one attached hydrogen (secondary N) is 1. The average Bonchev–Trinajstić information content (AvgIpc) is 2.45. The maximum Gasteiger partial charge on any atom is 0.128 e. The maximum absolute atomic E-state index is 5.61. The summed E-state index contributed by atoms with van der Waals surface area (Å²) >= 11 is 0. The van der Waals surface area contributed by atoms with E-state index in [-0.39, 0.29) is 12.1 Å². The molecule has 0 bridgehead atoms. The summed E-state index contributed by atoms with van der Waals surface area (Å²) in [5.41, 5.74) is 3.27. The Labute approximate surface area is 122 Å². The number of rotatable bonds is 8. The molecule has 0 aliphatic rings. The van der Waals surface area contributed by atoms with Crippen molar-refractivity contribution < 1.29 is 9.47 Å². The molecule has 0 aromatic carbocycles. The van der Waals surface area contributed by atoms with Crippen LogP contribution >= 0.6 is 0 Å². The molecule has 4 heteroatoms. The molecule has 2 unspecified atom stereocenters. The number of methoxy groups -OCH3 is 2. The molecule has 0 fully saturated rings. The van der Waals surface area contributed by atoms with E-state index < -0.39 is 0 Å². The third-order valence-electron chi connectivity index (χ3n) is 3.86. The number of nitrogens with zero attached hydrogens (tertiary/aromatic N) is 1. The van der Waals surface area contributed by atoms with Gasteiger partial charge < -0.3 is 14.8 Å². The van der Waals surface area contributed by atoms with Gasteiger partial charge in [0.15, 0.2) is 0 Å². The summed E-state index contributed by atoms with van der Waals surface area (Å²) in [7, 11) is 5.47. The topological polar surface area (TPSA) is 43.4 Å². The quantitative estimate of drug-likeness (QED) is 0.795. The van der Waals surface area contributed by atoms with Crippen molar-refractivity contribution in [1.82, 2.24) is 10.3 Å². The molecule has 2 atom stereocenters. The van der Waals surface area contributed by atoms with Gasteiger partial charge in [-0.2, -0.15) is 0 Å². The van der Waals surface area contributed by atoms with E-state index in [0.717, 1.165) is 41.8 Å². The minimum atomic E-state index is 0.207. The number of ether oxygens (including phenoxy) is 2. The summed E-state index contributed by atoms with van der Waals surface area (Å²) in [4.78, 5) is 4.58. The zero-order chi connectivity index (χ0) is 15.1. The number of aromatic nitrogens is 1. The van der Waals surface area contributed by atoms with Gasteiger partial charge in [0.25, 0.3) is 0 Å². The molecule has 0 aliphatic carbocycles. The number of pyridine rings is 1. The second-order valence-corrected chi connectivity index (χ2v) is 5.21. The summed E-state index contributed by atoms with van der Waals surface area (Å²) in [6.07, 6.45) is 5.09. The molecule has 0 amide bonds. The van der Waals surface area contributed by atoms with Crippen molar-refractivity contribution >= 4 is 0 Å². The van der Waals surface area contributed by atoms with E-state index in [4.69, 9.17) is 9.47 Å². The smallest absolute Gasteiger partial charge is 0.128 e. The Kier molecular flexibility index (Phi) is 6.96. The highest BCUT2D eigenvalue weighted by Crippen LogP contribution is 2.25. The Bertz CT molecular complexity index is 421. The molecule has 0 spiro atoms. The van der Waals surface area contributed by atoms with Crippen LogP contribution in [0.1, 0.15) is 36.6 Å². The number of hydrogen-bond donors (Lipinski definition) is 1. The zero-order valence-electron chi connectivity index (χ0n) is 13.6. The summed E-state index contributed by atoms with van der Waals surface area (Å²) in [5.74, 6) is 0.939. The summed E-state index contributed by atoms with van der Waals surface area (Å²) in [6.45, 7) is 6.27. The predicted octanol–water partition coefficient (Wildman–Crippen LogP) is 2.65. The lowest BCUT2D eigenvalue weighted by Crippen LogP contribution is -2.41. The van der Waals surface area contributed by atoms with Crippen LogP contribution in [0, 0.1) is 13.8 Å². The number of aryl methyl sites for hydroxylation is 1. The molecular formula is C16H28N2O2. The summed E-state index contributed by atoms with van der Waals surface area (Å²) in [6, 6.07) is 0.263. The van der Waals surface area contributed by atoms with Gasteiger partial charge in [0.1, 0.15) is 5.75 Å². The van der Waals surface area contributed by atoms with Crippen molar-refractivity contribution in [2.75, 3.05) is 21.3 Å². The fraction of sp³-hybridized carbons (Fsp3) is 0.688. The van der Waals surface area contributed by atoms with Crippen LogP contribution < -0.4 is 10.1 Å². The predicted molar refractivity (Wildman–Crippen MR) is 82.5 cm³/mol. The van der Waals surface area contributed by atoms with Gasteiger partial charge in [-0.3, -0.25) is 4.98 Å². The highest BCUT2D eigenvalue weighted by molar-refractivity contribution is 5.41. The molecule has 1 heterocycles. The zero-order valence-corrected chi connectivity index (χ0v) is 13.6. The van der Waals surface area contributed by atoms with Gasteiger partial charge in [0, 0.05) is 42.6 Å². The monoisotopic (exact) mass is 280 g/mol. The largest absolute Gasteiger partial charge is 0.496 e. The molecule has 1 aromatic heterocycles. The molecule has 114 valence electrons. The van der Waals surface area contributed by atoms with Gasteiger partial charge in [-0.1, -0.05) is 13.3 Å². The second kappa shape index (κ2) is 8.22. The molecule has 1 aromatic rings. The van der Waals surface area contributed by atoms with Crippen LogP contribution in [0.15, 0.2) is 6.20 Å². The van der Waals surface area contributed by atoms with Crippen molar-refractivity contribution in [2.45, 2.75) is 52.2 Å². The first-order chi connectivity index (χ1) is 9.58. The highest BCUT2D eigenvalue weighted by atomic mass is 16.5. The standard InChI is InChI=1S/C16H28N2O2/c1-7-8-15(19-5)14(17-4)9-13-12(3)16(20-6)11(2)10-18-13/h10,14-15,17H,7-9H2,1-6H3. The van der Waals surface area contributed by atoms with E-state index in [2.05, 4.69) is 24.1 Å². The van der Waals surface area contributed by atoms with Gasteiger partial charge in [-0.05, 0) is 27.3 Å². The minimum Gasteiger partial charge on any atom is -0.496 e. The maximum atomic E-state index is 5.61. The second-order valence-electron chi connectivity index (χ2n) is 5.21. The molecule has 0 radical (unpaired) electrons. The molecule has 1 rings (SSSR count). The fourth-order valence-electron chi connectivity index (χ4n) is 2.67. The normalized spacial score (nSPS) is 14.1. The minimum absolute atomic E-state index is 0.207. The van der Waals surface area contributed by atoms with E-state index in [1.165, 1.54) is 0 Å². The summed E-state index contributed by atoms with van der Waals surface area (Å²) < 4.78 is 11.1. The number of likely N-dealkylation sites (N-methyl/N-ethyl adjacent to an activating group) is 1. The molecule has 1 N–H and O–H groups in total. The number of hydrogen-bond acceptors (Lipinski definition) is 4. The van der Waals surface area contributed by atoms with Crippen molar-refractivity contribution in [2.24, 2.45) is 0 Å². The van der Waals surface area contributed by atoms with Gasteiger partial charge in [-0.15, -0.1) is 0 Å². The van der Waals surface area contributed by atoms with Crippen LogP contribution in [-0.2, 0) is 11.2 Å². The van der Waals surface area contributed by atoms with Gasteiger partial charge in [0.2, 0.25) is 0 Å². The van der Waals surface area contributed by atoms with Crippen LogP contribution in [0.3, 0.4) is 0 Å². The molecule has 0 saturated carbocycles. The van der Waals surface area contributed by atoms with Crippen molar-refractivity contribution in [1.29, 1.82) is 0 Å². The molecule has 0 aliphatic heterocycles. The first-order valence-electron chi connectivity index (χ1n) is 7.28. The van der Waals surface area contributed by atoms with E-state index in [0.29, 0.717) is 0 Å². The molecule has 0 saturated heterocycles. The Morgan fingerprint density at radius 1 is 1.30 bits per heavy atom. The third kappa shape index (κ3) is 3.93. The third-order valence-corrected chi connectivity index (χ3v) is 3.86. The van der Waals surface area contributed by atoms with Crippen LogP contribution in [-0.4, -0.2) is 38.4 Å². The van der Waals surface area contributed by atoms with E-state index >= 15 is 0 Å². The Morgan fingerprint density at radius 2 is 2.00 bits per heavy atom. The van der Waals surface area contributed by atoms with Crippen LogP contribution in [0.2, 0.25) is 0 Å². The molecular weight excluding hydrogens is 252 g/mol. The lowest BCUT2D eigenvalue weighted by atomic mass is 9.98. The van der Waals surface area contributed by atoms with Gasteiger partial charge >= 0.3 is 0 Å². The first-order valence-corrected chi connectivity index (χ1v) is 7.28. The van der Waals surface area contributed by atoms with Crippen molar-refractivity contribution in [3.05, 3.63) is 23.0 Å². The molecule has 4 nitrogen and oxygen atoms in total. The lowest BCUT2D eigenvalue weighted by Gasteiger charge is -2.26. The van der Waals surface area contributed by atoms with Crippen LogP contribution in [0.25, 0.3) is 0 Å². The SMILES string of the molecule is CCCC(OC)C(Cc1ncc(C)c(OC)c1C)NC. The average molecular weight is 280 g/mol. The highest BCUT2D eigenvalue weighted by Gasteiger charge is 2.21. The lowest BCUT2D eigenvalue weighted by molar-refractivity contribution is 0.0629. The van der Waals surface area contributed by atoms with Gasteiger partial charge in [0.05, 0.1) is 13.2 Å². The van der Waals surface area contributed by atoms with Crippen molar-refractivity contribution in [3.63, 3.8) is 0 Å². The van der Waals surface area contributed by atoms with E-state index in [1.54, 1.807) is 14.2 Å². The fourth-order valence-corrected chi connectivity index (χ4v) is 2.67. The van der Waals surface area contributed by atoms with Crippen LogP contribution in [0.4, 0.5) is 0 Å². The van der Waals surface area contributed by atoms with Crippen molar-refractivity contribution in [3.8, 4) is 5.75 Å². The first kappa shape index (κ1) is 16.9. The van der Waals surface area contributed by atoms with Gasteiger partial charge in [-0.25, -0.2) is 0 Å². The Hall–Kier alpha value is -1.13. The summed E-state index contributed by atoms with van der Waals surface area (Å²) in [5, 5.41) is 3.36. The van der Waals surface area contributed by atoms with E-state index in [1.807, 2.05) is 20.2 Å².